The first-order valence-electron chi connectivity index (χ1n) is 4.92. The Morgan fingerprint density at radius 2 is 2.00 bits per heavy atom. The van der Waals surface area contributed by atoms with Gasteiger partial charge in [0.25, 0.3) is 0 Å². The second-order valence-corrected chi connectivity index (χ2v) is 3.50. The Balaban J connectivity index is 2.27. The molecule has 0 fully saturated rings. The smallest absolute Gasteiger partial charge is 0.324 e. The molecular formula is C10H10F3N3O. The van der Waals surface area contributed by atoms with Gasteiger partial charge in [-0.2, -0.15) is 13.2 Å². The minimum absolute atomic E-state index is 0.0294. The van der Waals surface area contributed by atoms with E-state index in [2.05, 4.69) is 10.3 Å². The summed E-state index contributed by atoms with van der Waals surface area (Å²) in [6, 6.07) is 5.05. The van der Waals surface area contributed by atoms with E-state index in [1.54, 1.807) is 0 Å². The standard InChI is InChI=1S/C10H10F3N3O/c11-10(12,13)7-3-1-2-4-8(7)15-9-14-5-6-16(9)17/h1-4,17H,5-6H2,(H,14,15). The van der Waals surface area contributed by atoms with E-state index in [0.717, 1.165) is 11.1 Å². The summed E-state index contributed by atoms with van der Waals surface area (Å²) in [6.45, 7) is 0.629. The van der Waals surface area contributed by atoms with Gasteiger partial charge in [-0.3, -0.25) is 5.21 Å². The molecule has 0 bridgehead atoms. The summed E-state index contributed by atoms with van der Waals surface area (Å²) in [5.74, 6) is 0.0294. The molecule has 1 aliphatic rings. The van der Waals surface area contributed by atoms with Crippen LogP contribution >= 0.6 is 0 Å². The van der Waals surface area contributed by atoms with Crippen molar-refractivity contribution in [3.8, 4) is 0 Å². The van der Waals surface area contributed by atoms with E-state index in [1.165, 1.54) is 18.2 Å². The lowest BCUT2D eigenvalue weighted by atomic mass is 10.1. The molecule has 0 aromatic heterocycles. The molecule has 0 unspecified atom stereocenters. The van der Waals surface area contributed by atoms with Gasteiger partial charge in [0.15, 0.2) is 0 Å². The number of alkyl halides is 3. The van der Waals surface area contributed by atoms with Crippen molar-refractivity contribution in [1.82, 2.24) is 5.06 Å². The van der Waals surface area contributed by atoms with Gasteiger partial charge in [-0.05, 0) is 12.1 Å². The van der Waals surface area contributed by atoms with Crippen LogP contribution in [-0.2, 0) is 6.18 Å². The third kappa shape index (κ3) is 2.50. The monoisotopic (exact) mass is 245 g/mol. The van der Waals surface area contributed by atoms with Crippen molar-refractivity contribution in [2.75, 3.05) is 18.4 Å². The van der Waals surface area contributed by atoms with Gasteiger partial charge in [-0.1, -0.05) is 12.1 Å². The maximum atomic E-state index is 12.7. The van der Waals surface area contributed by atoms with Gasteiger partial charge in [0.2, 0.25) is 5.96 Å². The van der Waals surface area contributed by atoms with E-state index in [0.29, 0.717) is 6.54 Å². The highest BCUT2D eigenvalue weighted by molar-refractivity contribution is 5.94. The van der Waals surface area contributed by atoms with Crippen LogP contribution in [0.3, 0.4) is 0 Å². The molecule has 2 N–H and O–H groups in total. The lowest BCUT2D eigenvalue weighted by Gasteiger charge is -2.17. The number of halogens is 3. The number of hydrogen-bond donors (Lipinski definition) is 2. The van der Waals surface area contributed by atoms with E-state index in [4.69, 9.17) is 0 Å². The summed E-state index contributed by atoms with van der Waals surface area (Å²) >= 11 is 0. The van der Waals surface area contributed by atoms with Crippen molar-refractivity contribution >= 4 is 11.6 Å². The minimum atomic E-state index is -4.44. The van der Waals surface area contributed by atoms with Gasteiger partial charge in [-0.25, -0.2) is 10.1 Å². The zero-order valence-corrected chi connectivity index (χ0v) is 8.70. The maximum Gasteiger partial charge on any atom is 0.418 e. The largest absolute Gasteiger partial charge is 0.418 e. The molecule has 7 heteroatoms. The molecule has 17 heavy (non-hydrogen) atoms. The van der Waals surface area contributed by atoms with E-state index in [9.17, 15) is 18.4 Å². The Labute approximate surface area is 95.3 Å². The lowest BCUT2D eigenvalue weighted by Crippen LogP contribution is -2.30. The van der Waals surface area contributed by atoms with Gasteiger partial charge in [-0.15, -0.1) is 0 Å². The Hall–Kier alpha value is -1.76. The molecule has 0 atom stereocenters. The van der Waals surface area contributed by atoms with Crippen molar-refractivity contribution in [2.24, 2.45) is 4.99 Å². The van der Waals surface area contributed by atoms with Crippen LogP contribution in [0.1, 0.15) is 5.56 Å². The van der Waals surface area contributed by atoms with Crippen LogP contribution in [0.4, 0.5) is 18.9 Å². The maximum absolute atomic E-state index is 12.7. The second-order valence-electron chi connectivity index (χ2n) is 3.50. The quantitative estimate of drug-likeness (QED) is 0.797. The molecule has 1 heterocycles. The summed E-state index contributed by atoms with van der Waals surface area (Å²) in [5, 5.41) is 12.6. The number of hydroxylamine groups is 2. The molecule has 0 aliphatic carbocycles. The van der Waals surface area contributed by atoms with Crippen molar-refractivity contribution in [2.45, 2.75) is 6.18 Å². The topological polar surface area (TPSA) is 47.9 Å². The number of aliphatic imine (C=N–C) groups is 1. The highest BCUT2D eigenvalue weighted by Gasteiger charge is 2.33. The summed E-state index contributed by atoms with van der Waals surface area (Å²) in [4.78, 5) is 3.85. The number of anilines is 1. The summed E-state index contributed by atoms with van der Waals surface area (Å²) in [5.41, 5.74) is -0.914. The minimum Gasteiger partial charge on any atom is -0.324 e. The molecule has 92 valence electrons. The number of nitrogens with zero attached hydrogens (tertiary/aromatic N) is 2. The zero-order valence-electron chi connectivity index (χ0n) is 8.70. The Bertz CT molecular complexity index is 445. The van der Waals surface area contributed by atoms with Crippen LogP contribution in [0.15, 0.2) is 29.3 Å². The molecule has 0 amide bonds. The molecule has 4 nitrogen and oxygen atoms in total. The Morgan fingerprint density at radius 3 is 2.59 bits per heavy atom. The molecular weight excluding hydrogens is 235 g/mol. The number of hydrogen-bond acceptors (Lipinski definition) is 4. The normalized spacial score (nSPS) is 16.0. The number of para-hydroxylation sites is 1. The SMILES string of the molecule is ON1CCN=C1Nc1ccccc1C(F)(F)F. The van der Waals surface area contributed by atoms with Crippen LogP contribution in [0.2, 0.25) is 0 Å². The van der Waals surface area contributed by atoms with Crippen LogP contribution in [0.25, 0.3) is 0 Å². The third-order valence-corrected chi connectivity index (χ3v) is 2.30. The van der Waals surface area contributed by atoms with E-state index in [1.807, 2.05) is 0 Å². The predicted octanol–water partition coefficient (Wildman–Crippen LogP) is 2.18. The van der Waals surface area contributed by atoms with Crippen molar-refractivity contribution in [3.05, 3.63) is 29.8 Å². The second kappa shape index (κ2) is 4.25. The summed E-state index contributed by atoms with van der Waals surface area (Å²) < 4.78 is 38.0. The highest BCUT2D eigenvalue weighted by atomic mass is 19.4. The molecule has 2 rings (SSSR count). The predicted molar refractivity (Wildman–Crippen MR) is 55.9 cm³/mol. The van der Waals surface area contributed by atoms with Crippen molar-refractivity contribution in [3.63, 3.8) is 0 Å². The van der Waals surface area contributed by atoms with E-state index in [-0.39, 0.29) is 18.2 Å². The van der Waals surface area contributed by atoms with Gasteiger partial charge < -0.3 is 5.32 Å². The molecule has 0 radical (unpaired) electrons. The average Bonchev–Trinajstić information content (AvgIpc) is 2.64. The lowest BCUT2D eigenvalue weighted by molar-refractivity contribution is -0.136. The first-order valence-corrected chi connectivity index (χ1v) is 4.92. The number of benzene rings is 1. The van der Waals surface area contributed by atoms with Crippen LogP contribution in [0, 0.1) is 0 Å². The van der Waals surface area contributed by atoms with Crippen LogP contribution in [0.5, 0.6) is 0 Å². The summed E-state index contributed by atoms with van der Waals surface area (Å²) in [6.07, 6.45) is -4.44. The summed E-state index contributed by atoms with van der Waals surface area (Å²) in [7, 11) is 0. The van der Waals surface area contributed by atoms with Crippen molar-refractivity contribution in [1.29, 1.82) is 0 Å². The molecule has 0 saturated carbocycles. The van der Waals surface area contributed by atoms with Gasteiger partial charge in [0, 0.05) is 0 Å². The third-order valence-electron chi connectivity index (χ3n) is 2.30. The molecule has 0 saturated heterocycles. The van der Waals surface area contributed by atoms with Crippen LogP contribution in [-0.4, -0.2) is 29.3 Å². The first-order chi connectivity index (χ1) is 7.98. The van der Waals surface area contributed by atoms with E-state index >= 15 is 0 Å². The fourth-order valence-electron chi connectivity index (χ4n) is 1.50. The Morgan fingerprint density at radius 1 is 1.29 bits per heavy atom. The van der Waals surface area contributed by atoms with Gasteiger partial charge in [0.1, 0.15) is 0 Å². The van der Waals surface area contributed by atoms with Gasteiger partial charge in [0.05, 0.1) is 24.3 Å². The molecule has 1 aromatic carbocycles. The Kier molecular flexibility index (Phi) is 2.93. The number of rotatable bonds is 1. The zero-order chi connectivity index (χ0) is 12.5. The van der Waals surface area contributed by atoms with Crippen molar-refractivity contribution < 1.29 is 18.4 Å². The van der Waals surface area contributed by atoms with E-state index < -0.39 is 11.7 Å². The molecule has 1 aliphatic heterocycles. The van der Waals surface area contributed by atoms with Crippen LogP contribution < -0.4 is 5.32 Å². The fraction of sp³-hybridized carbons (Fsp3) is 0.300. The number of nitrogens with one attached hydrogen (secondary N) is 1. The number of guanidine groups is 1. The highest BCUT2D eigenvalue weighted by Crippen LogP contribution is 2.34. The average molecular weight is 245 g/mol. The first kappa shape index (κ1) is 11.7. The fourth-order valence-corrected chi connectivity index (χ4v) is 1.50. The molecule has 0 spiro atoms. The molecule has 1 aromatic rings. The van der Waals surface area contributed by atoms with Gasteiger partial charge >= 0.3 is 6.18 Å².